The lowest BCUT2D eigenvalue weighted by Gasteiger charge is -2.15. The lowest BCUT2D eigenvalue weighted by Crippen LogP contribution is -2.37. The van der Waals surface area contributed by atoms with Gasteiger partial charge in [0.25, 0.3) is 0 Å². The molecule has 2 N–H and O–H groups in total. The van der Waals surface area contributed by atoms with Gasteiger partial charge in [-0.05, 0) is 42.8 Å². The minimum absolute atomic E-state index is 0.0147. The maximum absolute atomic E-state index is 13.1. The van der Waals surface area contributed by atoms with Gasteiger partial charge in [-0.15, -0.1) is 0 Å². The van der Waals surface area contributed by atoms with Gasteiger partial charge < -0.3 is 15.4 Å². The van der Waals surface area contributed by atoms with Gasteiger partial charge in [0.2, 0.25) is 5.91 Å². The van der Waals surface area contributed by atoms with E-state index in [1.807, 2.05) is 24.3 Å². The van der Waals surface area contributed by atoms with Crippen LogP contribution in [0.15, 0.2) is 42.5 Å². The Balaban J connectivity index is 1.87. The van der Waals surface area contributed by atoms with Crippen LogP contribution in [0, 0.1) is 5.82 Å². The van der Waals surface area contributed by atoms with Crippen molar-refractivity contribution in [2.45, 2.75) is 19.5 Å². The highest BCUT2D eigenvalue weighted by Crippen LogP contribution is 2.20. The quantitative estimate of drug-likeness (QED) is 0.847. The number of ether oxygens (including phenoxy) is 1. The van der Waals surface area contributed by atoms with Gasteiger partial charge in [0.15, 0.2) is 0 Å². The molecule has 2 aromatic carbocycles. The number of benzene rings is 2. The van der Waals surface area contributed by atoms with Crippen LogP contribution >= 0.6 is 11.6 Å². The number of hydrogen-bond donors (Lipinski definition) is 2. The van der Waals surface area contributed by atoms with Crippen LogP contribution in [-0.2, 0) is 11.3 Å². The molecule has 0 bridgehead atoms. The highest BCUT2D eigenvalue weighted by atomic mass is 35.5. The van der Waals surface area contributed by atoms with Crippen LogP contribution in [0.3, 0.4) is 0 Å². The van der Waals surface area contributed by atoms with E-state index in [1.165, 1.54) is 18.2 Å². The van der Waals surface area contributed by atoms with E-state index in [4.69, 9.17) is 16.3 Å². The predicted molar refractivity (Wildman–Crippen MR) is 89.3 cm³/mol. The first kappa shape index (κ1) is 17.1. The lowest BCUT2D eigenvalue weighted by molar-refractivity contribution is -0.121. The van der Waals surface area contributed by atoms with Crippen LogP contribution in [0.1, 0.15) is 12.5 Å². The van der Waals surface area contributed by atoms with Crippen LogP contribution < -0.4 is 15.4 Å². The summed E-state index contributed by atoms with van der Waals surface area (Å²) >= 11 is 5.72. The molecule has 2 aromatic rings. The number of anilines is 1. The van der Waals surface area contributed by atoms with E-state index in [0.29, 0.717) is 12.2 Å². The smallest absolute Gasteiger partial charge is 0.242 e. The third-order valence-electron chi connectivity index (χ3n) is 3.32. The Hall–Kier alpha value is -2.27. The van der Waals surface area contributed by atoms with Gasteiger partial charge in [0.05, 0.1) is 12.1 Å². The molecule has 0 aromatic heterocycles. The van der Waals surface area contributed by atoms with Gasteiger partial charge in [-0.1, -0.05) is 23.7 Å². The van der Waals surface area contributed by atoms with Crippen LogP contribution in [0.2, 0.25) is 5.02 Å². The molecule has 0 spiro atoms. The minimum Gasteiger partial charge on any atom is -0.497 e. The fourth-order valence-electron chi connectivity index (χ4n) is 1.99. The number of methoxy groups -OCH3 is 1. The first-order chi connectivity index (χ1) is 11.0. The van der Waals surface area contributed by atoms with Crippen molar-refractivity contribution in [2.75, 3.05) is 12.4 Å². The molecule has 0 aliphatic rings. The number of nitrogens with one attached hydrogen (secondary N) is 2. The van der Waals surface area contributed by atoms with Gasteiger partial charge >= 0.3 is 0 Å². The highest BCUT2D eigenvalue weighted by molar-refractivity contribution is 6.31. The summed E-state index contributed by atoms with van der Waals surface area (Å²) in [5.41, 5.74) is 1.56. The predicted octanol–water partition coefficient (Wildman–Crippen LogP) is 3.60. The molecular formula is C17H18ClFN2O2. The van der Waals surface area contributed by atoms with Crippen molar-refractivity contribution in [3.63, 3.8) is 0 Å². The van der Waals surface area contributed by atoms with E-state index in [2.05, 4.69) is 10.6 Å². The van der Waals surface area contributed by atoms with Crippen molar-refractivity contribution in [3.8, 4) is 5.75 Å². The highest BCUT2D eigenvalue weighted by Gasteiger charge is 2.13. The molecule has 0 heterocycles. The summed E-state index contributed by atoms with van der Waals surface area (Å²) in [6, 6.07) is 11.2. The molecule has 1 amide bonds. The topological polar surface area (TPSA) is 50.4 Å². The summed E-state index contributed by atoms with van der Waals surface area (Å²) in [7, 11) is 1.60. The molecular weight excluding hydrogens is 319 g/mol. The second-order valence-corrected chi connectivity index (χ2v) is 5.47. The standard InChI is InChI=1S/C17H18ClFN2O2/c1-11(21-13-5-8-16(19)15(18)9-13)17(22)20-10-12-3-6-14(23-2)7-4-12/h3-9,11,21H,10H2,1-2H3,(H,20,22)/t11-/m0/s1. The number of halogens is 2. The number of hydrogen-bond acceptors (Lipinski definition) is 3. The Morgan fingerprint density at radius 3 is 2.57 bits per heavy atom. The Labute approximate surface area is 139 Å². The zero-order valence-corrected chi connectivity index (χ0v) is 13.7. The third-order valence-corrected chi connectivity index (χ3v) is 3.61. The van der Waals surface area contributed by atoms with E-state index in [0.717, 1.165) is 11.3 Å². The number of amides is 1. The van der Waals surface area contributed by atoms with Gasteiger partial charge in [0.1, 0.15) is 17.6 Å². The monoisotopic (exact) mass is 336 g/mol. The first-order valence-electron chi connectivity index (χ1n) is 7.12. The molecule has 0 saturated heterocycles. The van der Waals surface area contributed by atoms with Gasteiger partial charge in [-0.3, -0.25) is 4.79 Å². The number of rotatable bonds is 6. The maximum atomic E-state index is 13.1. The van der Waals surface area contributed by atoms with Gasteiger partial charge in [-0.2, -0.15) is 0 Å². The minimum atomic E-state index is -0.492. The molecule has 0 aliphatic heterocycles. The Kier molecular flexibility index (Phi) is 5.82. The molecule has 0 saturated carbocycles. The molecule has 23 heavy (non-hydrogen) atoms. The van der Waals surface area contributed by atoms with Gasteiger partial charge in [-0.25, -0.2) is 4.39 Å². The van der Waals surface area contributed by atoms with Crippen LogP contribution in [0.25, 0.3) is 0 Å². The molecule has 1 atom stereocenters. The number of carbonyl (C=O) groups is 1. The molecule has 122 valence electrons. The summed E-state index contributed by atoms with van der Waals surface area (Å²) in [6.07, 6.45) is 0. The fraction of sp³-hybridized carbons (Fsp3) is 0.235. The average Bonchev–Trinajstić information content (AvgIpc) is 2.56. The molecule has 0 radical (unpaired) electrons. The van der Waals surface area contributed by atoms with Crippen molar-refractivity contribution in [3.05, 3.63) is 58.9 Å². The maximum Gasteiger partial charge on any atom is 0.242 e. The van der Waals surface area contributed by atoms with E-state index in [1.54, 1.807) is 14.0 Å². The summed E-state index contributed by atoms with van der Waals surface area (Å²) in [6.45, 7) is 2.14. The van der Waals surface area contributed by atoms with Crippen LogP contribution in [0.5, 0.6) is 5.75 Å². The SMILES string of the molecule is COc1ccc(CNC(=O)[C@H](C)Nc2ccc(F)c(Cl)c2)cc1. The van der Waals surface area contributed by atoms with Crippen molar-refractivity contribution in [1.29, 1.82) is 0 Å². The van der Waals surface area contributed by atoms with Crippen molar-refractivity contribution in [1.82, 2.24) is 5.32 Å². The molecule has 6 heteroatoms. The van der Waals surface area contributed by atoms with Crippen molar-refractivity contribution >= 4 is 23.2 Å². The Morgan fingerprint density at radius 1 is 1.26 bits per heavy atom. The van der Waals surface area contributed by atoms with E-state index >= 15 is 0 Å². The van der Waals surface area contributed by atoms with E-state index < -0.39 is 11.9 Å². The van der Waals surface area contributed by atoms with Crippen molar-refractivity contribution in [2.24, 2.45) is 0 Å². The van der Waals surface area contributed by atoms with Crippen molar-refractivity contribution < 1.29 is 13.9 Å². The summed E-state index contributed by atoms with van der Waals surface area (Å²) in [5.74, 6) is 0.110. The second-order valence-electron chi connectivity index (χ2n) is 5.06. The summed E-state index contributed by atoms with van der Waals surface area (Å²) in [4.78, 5) is 12.1. The molecule has 4 nitrogen and oxygen atoms in total. The van der Waals surface area contributed by atoms with Crippen LogP contribution in [0.4, 0.5) is 10.1 Å². The van der Waals surface area contributed by atoms with E-state index in [-0.39, 0.29) is 10.9 Å². The third kappa shape index (κ3) is 4.86. The Morgan fingerprint density at radius 2 is 1.96 bits per heavy atom. The first-order valence-corrected chi connectivity index (χ1v) is 7.49. The number of carbonyl (C=O) groups excluding carboxylic acids is 1. The fourth-order valence-corrected chi connectivity index (χ4v) is 2.17. The molecule has 0 fully saturated rings. The zero-order valence-electron chi connectivity index (χ0n) is 12.9. The van der Waals surface area contributed by atoms with Crippen LogP contribution in [-0.4, -0.2) is 19.1 Å². The van der Waals surface area contributed by atoms with E-state index in [9.17, 15) is 9.18 Å². The molecule has 0 aliphatic carbocycles. The summed E-state index contributed by atoms with van der Waals surface area (Å²) in [5, 5.41) is 5.83. The summed E-state index contributed by atoms with van der Waals surface area (Å²) < 4.78 is 18.2. The average molecular weight is 337 g/mol. The molecule has 0 unspecified atom stereocenters. The normalized spacial score (nSPS) is 11.7. The Bertz CT molecular complexity index is 677. The largest absolute Gasteiger partial charge is 0.497 e. The molecule has 2 rings (SSSR count). The zero-order chi connectivity index (χ0) is 16.8. The second kappa shape index (κ2) is 7.83. The lowest BCUT2D eigenvalue weighted by atomic mass is 10.2. The van der Waals surface area contributed by atoms with Gasteiger partial charge in [0, 0.05) is 12.2 Å².